The van der Waals surface area contributed by atoms with E-state index in [1.54, 1.807) is 41.4 Å². The number of imide groups is 1. The third-order valence-corrected chi connectivity index (χ3v) is 7.80. The van der Waals surface area contributed by atoms with E-state index in [0.717, 1.165) is 32.6 Å². The Labute approximate surface area is 223 Å². The van der Waals surface area contributed by atoms with Crippen LogP contribution in [-0.2, 0) is 20.6 Å². The largest absolute Gasteiger partial charge is 0.416 e. The van der Waals surface area contributed by atoms with Crippen LogP contribution in [0.5, 0.6) is 0 Å². The lowest BCUT2D eigenvalue weighted by atomic mass is 9.84. The summed E-state index contributed by atoms with van der Waals surface area (Å²) in [5.74, 6) is -3.49. The molecule has 0 unspecified atom stereocenters. The van der Waals surface area contributed by atoms with E-state index in [1.807, 2.05) is 24.3 Å². The number of amides is 3. The molecule has 3 heterocycles. The van der Waals surface area contributed by atoms with Crippen LogP contribution in [0.4, 0.5) is 24.5 Å². The molecule has 3 aromatic carbocycles. The summed E-state index contributed by atoms with van der Waals surface area (Å²) in [7, 11) is 0. The van der Waals surface area contributed by atoms with Gasteiger partial charge in [0.15, 0.2) is 0 Å². The number of alkyl halides is 3. The minimum Gasteiger partial charge on any atom is -0.357 e. The highest BCUT2D eigenvalue weighted by molar-refractivity contribution is 9.10. The SMILES string of the molecule is O=C(Nc1cccc(C(F)(F)F)c1)[C@H]1[C@H]2C(=O)N(c3ccc(Br)cc3)C(=O)[C@@H]2[C@H]2c3ccccc3C=CN21. The lowest BCUT2D eigenvalue weighted by molar-refractivity contribution is -0.137. The summed E-state index contributed by atoms with van der Waals surface area (Å²) in [6.45, 7) is 0. The van der Waals surface area contributed by atoms with Crippen molar-refractivity contribution in [3.05, 3.63) is 100 Å². The maximum Gasteiger partial charge on any atom is 0.416 e. The summed E-state index contributed by atoms with van der Waals surface area (Å²) in [6, 6.07) is 16.8. The minimum absolute atomic E-state index is 0.0484. The second-order valence-corrected chi connectivity index (χ2v) is 10.3. The molecule has 38 heavy (non-hydrogen) atoms. The summed E-state index contributed by atoms with van der Waals surface area (Å²) in [6.07, 6.45) is -1.09. The molecule has 0 spiro atoms. The van der Waals surface area contributed by atoms with Gasteiger partial charge in [-0.3, -0.25) is 14.4 Å². The predicted octanol–water partition coefficient (Wildman–Crippen LogP) is 5.62. The number of fused-ring (bicyclic) bond motifs is 5. The van der Waals surface area contributed by atoms with Gasteiger partial charge in [-0.25, -0.2) is 4.90 Å². The molecule has 0 aliphatic carbocycles. The van der Waals surface area contributed by atoms with Gasteiger partial charge in [0, 0.05) is 16.4 Å². The zero-order valence-electron chi connectivity index (χ0n) is 19.5. The van der Waals surface area contributed by atoms with E-state index in [4.69, 9.17) is 0 Å². The van der Waals surface area contributed by atoms with Crippen molar-refractivity contribution >= 4 is 51.1 Å². The Bertz CT molecular complexity index is 1500. The van der Waals surface area contributed by atoms with Gasteiger partial charge < -0.3 is 10.2 Å². The lowest BCUT2D eigenvalue weighted by Gasteiger charge is -2.35. The van der Waals surface area contributed by atoms with Gasteiger partial charge in [-0.15, -0.1) is 0 Å². The fourth-order valence-electron chi connectivity index (χ4n) is 5.69. The number of anilines is 2. The second kappa shape index (κ2) is 8.83. The summed E-state index contributed by atoms with van der Waals surface area (Å²) in [5, 5.41) is 2.56. The maximum atomic E-state index is 13.8. The van der Waals surface area contributed by atoms with Gasteiger partial charge in [-0.05, 0) is 59.7 Å². The topological polar surface area (TPSA) is 69.7 Å². The van der Waals surface area contributed by atoms with E-state index in [9.17, 15) is 27.6 Å². The highest BCUT2D eigenvalue weighted by Gasteiger charge is 2.64. The summed E-state index contributed by atoms with van der Waals surface area (Å²) >= 11 is 3.35. The van der Waals surface area contributed by atoms with Crippen LogP contribution in [0.2, 0.25) is 0 Å². The van der Waals surface area contributed by atoms with Gasteiger partial charge in [0.25, 0.3) is 0 Å². The van der Waals surface area contributed by atoms with Crippen LogP contribution < -0.4 is 10.2 Å². The highest BCUT2D eigenvalue weighted by atomic mass is 79.9. The number of hydrogen-bond donors (Lipinski definition) is 1. The molecule has 3 aromatic rings. The monoisotopic (exact) mass is 581 g/mol. The van der Waals surface area contributed by atoms with Crippen LogP contribution in [0.3, 0.4) is 0 Å². The average molecular weight is 582 g/mol. The van der Waals surface area contributed by atoms with E-state index in [-0.39, 0.29) is 5.69 Å². The lowest BCUT2D eigenvalue weighted by Crippen LogP contribution is -2.46. The van der Waals surface area contributed by atoms with Crippen molar-refractivity contribution in [2.24, 2.45) is 11.8 Å². The zero-order chi connectivity index (χ0) is 26.8. The normalized spacial score (nSPS) is 23.8. The molecule has 0 radical (unpaired) electrons. The molecular weight excluding hydrogens is 563 g/mol. The Morgan fingerprint density at radius 2 is 1.61 bits per heavy atom. The molecule has 0 bridgehead atoms. The average Bonchev–Trinajstić information content (AvgIpc) is 3.37. The van der Waals surface area contributed by atoms with Gasteiger partial charge in [0.05, 0.1) is 29.1 Å². The first-order valence-electron chi connectivity index (χ1n) is 11.8. The number of hydrogen-bond acceptors (Lipinski definition) is 4. The number of benzene rings is 3. The van der Waals surface area contributed by atoms with Crippen LogP contribution in [0.25, 0.3) is 6.08 Å². The van der Waals surface area contributed by atoms with Gasteiger partial charge in [0.2, 0.25) is 17.7 Å². The molecule has 1 N–H and O–H groups in total. The zero-order valence-corrected chi connectivity index (χ0v) is 21.1. The van der Waals surface area contributed by atoms with E-state index in [0.29, 0.717) is 5.69 Å². The molecule has 2 fully saturated rings. The van der Waals surface area contributed by atoms with E-state index < -0.39 is 53.4 Å². The van der Waals surface area contributed by atoms with Crippen molar-refractivity contribution in [3.8, 4) is 0 Å². The molecular formula is C28H19BrF3N3O3. The molecule has 6 rings (SSSR count). The van der Waals surface area contributed by atoms with Crippen LogP contribution in [0.1, 0.15) is 22.7 Å². The van der Waals surface area contributed by atoms with Crippen molar-refractivity contribution in [1.29, 1.82) is 0 Å². The molecule has 4 atom stereocenters. The van der Waals surface area contributed by atoms with Crippen molar-refractivity contribution in [3.63, 3.8) is 0 Å². The first-order chi connectivity index (χ1) is 18.1. The summed E-state index contributed by atoms with van der Waals surface area (Å²) < 4.78 is 40.5. The molecule has 192 valence electrons. The summed E-state index contributed by atoms with van der Waals surface area (Å²) in [5.41, 5.74) is 1.11. The van der Waals surface area contributed by atoms with Crippen molar-refractivity contribution in [2.45, 2.75) is 18.3 Å². The maximum absolute atomic E-state index is 13.8. The van der Waals surface area contributed by atoms with Crippen LogP contribution in [-0.4, -0.2) is 28.7 Å². The van der Waals surface area contributed by atoms with Crippen molar-refractivity contribution in [2.75, 3.05) is 10.2 Å². The number of nitrogens with zero attached hydrogens (tertiary/aromatic N) is 2. The Morgan fingerprint density at radius 3 is 2.34 bits per heavy atom. The molecule has 0 aromatic heterocycles. The number of nitrogens with one attached hydrogen (secondary N) is 1. The van der Waals surface area contributed by atoms with Gasteiger partial charge >= 0.3 is 6.18 Å². The first-order valence-corrected chi connectivity index (χ1v) is 12.6. The Balaban J connectivity index is 1.41. The quantitative estimate of drug-likeness (QED) is 0.407. The molecule has 2 saturated heterocycles. The molecule has 3 aliphatic rings. The van der Waals surface area contributed by atoms with Crippen LogP contribution in [0.15, 0.2) is 83.5 Å². The van der Waals surface area contributed by atoms with Crippen molar-refractivity contribution in [1.82, 2.24) is 4.90 Å². The van der Waals surface area contributed by atoms with E-state index in [2.05, 4.69) is 21.2 Å². The molecule has 0 saturated carbocycles. The third kappa shape index (κ3) is 3.82. The van der Waals surface area contributed by atoms with E-state index >= 15 is 0 Å². The second-order valence-electron chi connectivity index (χ2n) is 9.39. The number of carbonyl (C=O) groups excluding carboxylic acids is 3. The van der Waals surface area contributed by atoms with Gasteiger partial charge in [0.1, 0.15) is 6.04 Å². The minimum atomic E-state index is -4.58. The smallest absolute Gasteiger partial charge is 0.357 e. The van der Waals surface area contributed by atoms with Gasteiger partial charge in [-0.2, -0.15) is 13.2 Å². The fourth-order valence-corrected chi connectivity index (χ4v) is 5.96. The Hall–Kier alpha value is -3.92. The first kappa shape index (κ1) is 24.4. The molecule has 3 aliphatic heterocycles. The number of carbonyl (C=O) groups is 3. The van der Waals surface area contributed by atoms with E-state index in [1.165, 1.54) is 12.1 Å². The fraction of sp³-hybridized carbons (Fsp3) is 0.179. The van der Waals surface area contributed by atoms with Crippen LogP contribution in [0, 0.1) is 11.8 Å². The standard InChI is InChI=1S/C28H19BrF3N3O3/c29-17-8-10-19(11-9-17)35-26(37)21-22(27(35)38)24(34-13-12-15-4-1-2-7-20(15)23(21)34)25(36)33-18-6-3-5-16(14-18)28(30,31)32/h1-14,21-24H,(H,33,36)/t21-,22-,23+,24+/m0/s1. The van der Waals surface area contributed by atoms with Crippen molar-refractivity contribution < 1.29 is 27.6 Å². The molecule has 3 amide bonds. The Kier molecular flexibility index (Phi) is 5.68. The molecule has 10 heteroatoms. The summed E-state index contributed by atoms with van der Waals surface area (Å²) in [4.78, 5) is 44.1. The Morgan fingerprint density at radius 1 is 0.895 bits per heavy atom. The number of halogens is 4. The highest BCUT2D eigenvalue weighted by Crippen LogP contribution is 2.53. The predicted molar refractivity (Wildman–Crippen MR) is 138 cm³/mol. The van der Waals surface area contributed by atoms with Crippen LogP contribution >= 0.6 is 15.9 Å². The number of rotatable bonds is 3. The van der Waals surface area contributed by atoms with Gasteiger partial charge in [-0.1, -0.05) is 46.3 Å². The molecule has 6 nitrogen and oxygen atoms in total. The third-order valence-electron chi connectivity index (χ3n) is 7.27.